The number of rotatable bonds is 4. The fraction of sp³-hybridized carbons (Fsp3) is 0.692. The highest BCUT2D eigenvalue weighted by atomic mass is 16.2. The van der Waals surface area contributed by atoms with Crippen LogP contribution >= 0.6 is 0 Å². The number of hydrogen-bond acceptors (Lipinski definition) is 2. The van der Waals surface area contributed by atoms with Gasteiger partial charge in [0, 0.05) is 38.0 Å². The average Bonchev–Trinajstić information content (AvgIpc) is 2.78. The lowest BCUT2D eigenvalue weighted by Gasteiger charge is -2.56. The van der Waals surface area contributed by atoms with Gasteiger partial charge in [0.1, 0.15) is 0 Å². The van der Waals surface area contributed by atoms with Crippen molar-refractivity contribution >= 4 is 11.8 Å². The van der Waals surface area contributed by atoms with Crippen LogP contribution in [0.15, 0.2) is 30.3 Å². The van der Waals surface area contributed by atoms with Crippen LogP contribution in [-0.4, -0.2) is 46.8 Å². The van der Waals surface area contributed by atoms with Crippen molar-refractivity contribution < 1.29 is 9.59 Å². The molecule has 162 valence electrons. The number of carbonyl (C=O) groups is 2. The van der Waals surface area contributed by atoms with Crippen molar-refractivity contribution in [2.45, 2.75) is 82.7 Å². The van der Waals surface area contributed by atoms with Gasteiger partial charge in [-0.3, -0.25) is 9.59 Å². The number of nitrogens with zero attached hydrogens (tertiary/aromatic N) is 2. The first-order valence-corrected chi connectivity index (χ1v) is 12.3. The topological polar surface area (TPSA) is 40.6 Å². The summed E-state index contributed by atoms with van der Waals surface area (Å²) in [7, 11) is 0. The molecule has 4 atom stereocenters. The molecule has 0 aromatic heterocycles. The molecule has 2 bridgehead atoms. The van der Waals surface area contributed by atoms with Crippen molar-refractivity contribution in [3.8, 4) is 0 Å². The van der Waals surface area contributed by atoms with Gasteiger partial charge >= 0.3 is 0 Å². The lowest BCUT2D eigenvalue weighted by atomic mass is 9.70. The third kappa shape index (κ3) is 4.02. The lowest BCUT2D eigenvalue weighted by molar-refractivity contribution is -0.156. The Hall–Kier alpha value is -1.84. The van der Waals surface area contributed by atoms with Crippen LogP contribution in [0.3, 0.4) is 0 Å². The van der Waals surface area contributed by atoms with Gasteiger partial charge in [-0.15, -0.1) is 0 Å². The standard InChI is InChI=1S/C26H36N2O2/c29-25-13-7-12-23-21-16-22(24(28(23)25)14-19-8-3-1-4-9-19)18-27(17-21)26(30)15-20-10-5-2-6-11-20/h1,3-4,8-9,20-24H,2,5-7,10-18H2/t21-,22+,23+,24+/m1/s1. The van der Waals surface area contributed by atoms with Gasteiger partial charge in [-0.1, -0.05) is 49.6 Å². The van der Waals surface area contributed by atoms with Crippen molar-refractivity contribution in [2.75, 3.05) is 13.1 Å². The van der Waals surface area contributed by atoms with Crippen LogP contribution in [0.5, 0.6) is 0 Å². The average molecular weight is 409 g/mol. The van der Waals surface area contributed by atoms with E-state index in [1.54, 1.807) is 0 Å². The summed E-state index contributed by atoms with van der Waals surface area (Å²) in [5.41, 5.74) is 1.31. The molecule has 3 heterocycles. The van der Waals surface area contributed by atoms with Crippen molar-refractivity contribution in [1.82, 2.24) is 9.80 Å². The molecule has 0 spiro atoms. The molecule has 4 aliphatic rings. The summed E-state index contributed by atoms with van der Waals surface area (Å²) in [5.74, 6) is 2.21. The van der Waals surface area contributed by atoms with Crippen LogP contribution in [0.2, 0.25) is 0 Å². The number of hydrogen-bond donors (Lipinski definition) is 0. The number of piperidine rings is 3. The minimum Gasteiger partial charge on any atom is -0.342 e. The van der Waals surface area contributed by atoms with Crippen LogP contribution in [0.1, 0.15) is 69.8 Å². The summed E-state index contributed by atoms with van der Waals surface area (Å²) in [6.45, 7) is 1.71. The molecular formula is C26H36N2O2. The Bertz CT molecular complexity index is 758. The second-order valence-electron chi connectivity index (χ2n) is 10.3. The SMILES string of the molecule is O=C(CC1CCCCC1)N1C[C@H]2C[C@@H](C1)[C@H](Cc1ccccc1)N1C(=O)CCC[C@@H]21. The van der Waals surface area contributed by atoms with E-state index in [1.807, 2.05) is 0 Å². The molecule has 2 amide bonds. The maximum atomic E-state index is 13.2. The molecule has 5 rings (SSSR count). The Balaban J connectivity index is 1.35. The van der Waals surface area contributed by atoms with E-state index in [0.717, 1.165) is 38.8 Å². The lowest BCUT2D eigenvalue weighted by Crippen LogP contribution is -2.66. The first-order chi connectivity index (χ1) is 14.7. The molecule has 1 aromatic carbocycles. The zero-order valence-electron chi connectivity index (χ0n) is 18.2. The molecule has 30 heavy (non-hydrogen) atoms. The Morgan fingerprint density at radius 3 is 2.50 bits per heavy atom. The number of carbonyl (C=O) groups excluding carboxylic acids is 2. The highest BCUT2D eigenvalue weighted by Gasteiger charge is 2.49. The van der Waals surface area contributed by atoms with Crippen LogP contribution in [0.4, 0.5) is 0 Å². The summed E-state index contributed by atoms with van der Waals surface area (Å²) >= 11 is 0. The molecule has 4 nitrogen and oxygen atoms in total. The summed E-state index contributed by atoms with van der Waals surface area (Å²) in [4.78, 5) is 30.7. The number of benzene rings is 1. The Labute approximate surface area is 181 Å². The van der Waals surface area contributed by atoms with Crippen LogP contribution in [0, 0.1) is 17.8 Å². The third-order valence-electron chi connectivity index (χ3n) is 8.33. The van der Waals surface area contributed by atoms with Gasteiger partial charge in [-0.2, -0.15) is 0 Å². The van der Waals surface area contributed by atoms with Crippen LogP contribution < -0.4 is 0 Å². The van der Waals surface area contributed by atoms with Crippen molar-refractivity contribution in [1.29, 1.82) is 0 Å². The molecule has 4 fully saturated rings. The van der Waals surface area contributed by atoms with Gasteiger partial charge in [0.25, 0.3) is 0 Å². The maximum Gasteiger partial charge on any atom is 0.223 e. The smallest absolute Gasteiger partial charge is 0.223 e. The van der Waals surface area contributed by atoms with Gasteiger partial charge in [-0.05, 0) is 61.8 Å². The first-order valence-electron chi connectivity index (χ1n) is 12.3. The molecule has 3 aliphatic heterocycles. The number of likely N-dealkylation sites (tertiary alicyclic amines) is 1. The van der Waals surface area contributed by atoms with E-state index < -0.39 is 0 Å². The normalized spacial score (nSPS) is 32.1. The van der Waals surface area contributed by atoms with Gasteiger partial charge in [0.2, 0.25) is 11.8 Å². The Kier molecular flexibility index (Phi) is 5.84. The predicted molar refractivity (Wildman–Crippen MR) is 118 cm³/mol. The van der Waals surface area contributed by atoms with Crippen molar-refractivity contribution in [3.05, 3.63) is 35.9 Å². The van der Waals surface area contributed by atoms with E-state index in [-0.39, 0.29) is 6.04 Å². The molecule has 0 N–H and O–H groups in total. The second-order valence-corrected chi connectivity index (χ2v) is 10.3. The molecule has 1 aliphatic carbocycles. The Morgan fingerprint density at radius 2 is 1.70 bits per heavy atom. The number of fused-ring (bicyclic) bond motifs is 4. The van der Waals surface area contributed by atoms with Crippen molar-refractivity contribution in [3.63, 3.8) is 0 Å². The molecule has 0 unspecified atom stereocenters. The van der Waals surface area contributed by atoms with E-state index in [0.29, 0.717) is 42.0 Å². The van der Waals surface area contributed by atoms with E-state index >= 15 is 0 Å². The number of amides is 2. The first kappa shape index (κ1) is 20.1. The minimum atomic E-state index is 0.242. The monoisotopic (exact) mass is 408 g/mol. The van der Waals surface area contributed by atoms with Crippen LogP contribution in [-0.2, 0) is 16.0 Å². The predicted octanol–water partition coefficient (Wildman–Crippen LogP) is 4.43. The Morgan fingerprint density at radius 1 is 0.933 bits per heavy atom. The zero-order chi connectivity index (χ0) is 20.5. The summed E-state index contributed by atoms with van der Waals surface area (Å²) in [6, 6.07) is 11.2. The fourth-order valence-electron chi connectivity index (χ4n) is 6.86. The van der Waals surface area contributed by atoms with E-state index in [2.05, 4.69) is 40.1 Å². The molecule has 3 saturated heterocycles. The van der Waals surface area contributed by atoms with Gasteiger partial charge < -0.3 is 9.80 Å². The quantitative estimate of drug-likeness (QED) is 0.740. The summed E-state index contributed by atoms with van der Waals surface area (Å²) in [5, 5.41) is 0. The van der Waals surface area contributed by atoms with E-state index in [1.165, 1.54) is 44.1 Å². The highest BCUT2D eigenvalue weighted by Crippen LogP contribution is 2.43. The third-order valence-corrected chi connectivity index (χ3v) is 8.33. The van der Waals surface area contributed by atoms with E-state index in [9.17, 15) is 9.59 Å². The van der Waals surface area contributed by atoms with Crippen LogP contribution in [0.25, 0.3) is 0 Å². The van der Waals surface area contributed by atoms with E-state index in [4.69, 9.17) is 0 Å². The molecule has 1 saturated carbocycles. The molecular weight excluding hydrogens is 372 g/mol. The zero-order valence-corrected chi connectivity index (χ0v) is 18.2. The van der Waals surface area contributed by atoms with Crippen molar-refractivity contribution in [2.24, 2.45) is 17.8 Å². The van der Waals surface area contributed by atoms with Gasteiger partial charge in [0.15, 0.2) is 0 Å². The minimum absolute atomic E-state index is 0.242. The molecule has 4 heteroatoms. The van der Waals surface area contributed by atoms with Gasteiger partial charge in [-0.25, -0.2) is 0 Å². The second kappa shape index (κ2) is 8.72. The molecule has 1 aromatic rings. The largest absolute Gasteiger partial charge is 0.342 e. The van der Waals surface area contributed by atoms with Gasteiger partial charge in [0.05, 0.1) is 0 Å². The maximum absolute atomic E-state index is 13.2. The molecule has 0 radical (unpaired) electrons. The highest BCUT2D eigenvalue weighted by molar-refractivity contribution is 5.79. The fourth-order valence-corrected chi connectivity index (χ4v) is 6.86. The summed E-state index contributed by atoms with van der Waals surface area (Å²) < 4.78 is 0. The summed E-state index contributed by atoms with van der Waals surface area (Å²) in [6.07, 6.45) is 12.1.